The SMILES string of the molecule is C[n+]1cccc2c3ccccc3c(-c3ccccc3)cc21. The van der Waals surface area contributed by atoms with Gasteiger partial charge >= 0.3 is 0 Å². The van der Waals surface area contributed by atoms with Gasteiger partial charge in [-0.3, -0.25) is 0 Å². The summed E-state index contributed by atoms with van der Waals surface area (Å²) >= 11 is 0. The molecule has 3 aromatic carbocycles. The molecular weight excluding hydrogens is 254 g/mol. The van der Waals surface area contributed by atoms with Gasteiger partial charge in [0.05, 0.1) is 5.39 Å². The molecule has 4 aromatic rings. The van der Waals surface area contributed by atoms with Crippen molar-refractivity contribution in [1.29, 1.82) is 0 Å². The minimum absolute atomic E-state index is 1.26. The Morgan fingerprint density at radius 2 is 1.33 bits per heavy atom. The van der Waals surface area contributed by atoms with Crippen molar-refractivity contribution in [2.75, 3.05) is 0 Å². The molecule has 1 aromatic heterocycles. The number of aryl methyl sites for hydroxylation is 1. The fraction of sp³-hybridized carbons (Fsp3) is 0.0500. The van der Waals surface area contributed by atoms with E-state index in [1.54, 1.807) is 0 Å². The van der Waals surface area contributed by atoms with E-state index in [0.29, 0.717) is 0 Å². The van der Waals surface area contributed by atoms with E-state index in [1.165, 1.54) is 32.8 Å². The zero-order valence-electron chi connectivity index (χ0n) is 12.0. The number of aromatic nitrogens is 1. The number of hydrogen-bond donors (Lipinski definition) is 0. The summed E-state index contributed by atoms with van der Waals surface area (Å²) < 4.78 is 2.19. The maximum Gasteiger partial charge on any atom is 0.213 e. The zero-order chi connectivity index (χ0) is 14.2. The Morgan fingerprint density at radius 1 is 0.667 bits per heavy atom. The van der Waals surface area contributed by atoms with Gasteiger partial charge in [0.15, 0.2) is 6.20 Å². The minimum Gasteiger partial charge on any atom is -0.201 e. The van der Waals surface area contributed by atoms with E-state index in [0.717, 1.165) is 0 Å². The highest BCUT2D eigenvalue weighted by Crippen LogP contribution is 2.33. The summed E-state index contributed by atoms with van der Waals surface area (Å²) in [5.41, 5.74) is 3.81. The first-order chi connectivity index (χ1) is 10.3. The molecule has 0 aliphatic heterocycles. The highest BCUT2D eigenvalue weighted by atomic mass is 14.9. The monoisotopic (exact) mass is 270 g/mol. The number of nitrogens with zero attached hydrogens (tertiary/aromatic N) is 1. The normalized spacial score (nSPS) is 11.1. The molecule has 0 amide bonds. The van der Waals surface area contributed by atoms with Crippen molar-refractivity contribution < 1.29 is 4.57 Å². The topological polar surface area (TPSA) is 3.88 Å². The van der Waals surface area contributed by atoms with Crippen LogP contribution in [-0.2, 0) is 7.05 Å². The van der Waals surface area contributed by atoms with Crippen LogP contribution in [0.3, 0.4) is 0 Å². The predicted octanol–water partition coefficient (Wildman–Crippen LogP) is 4.48. The highest BCUT2D eigenvalue weighted by Gasteiger charge is 2.12. The molecule has 0 aliphatic rings. The smallest absolute Gasteiger partial charge is 0.201 e. The lowest BCUT2D eigenvalue weighted by Crippen LogP contribution is -2.27. The fourth-order valence-corrected chi connectivity index (χ4v) is 3.06. The van der Waals surface area contributed by atoms with Crippen LogP contribution in [0.2, 0.25) is 0 Å². The van der Waals surface area contributed by atoms with Crippen molar-refractivity contribution in [3.05, 3.63) is 79.0 Å². The second-order valence-electron chi connectivity index (χ2n) is 5.39. The molecule has 0 aliphatic carbocycles. The molecule has 0 fully saturated rings. The van der Waals surface area contributed by atoms with Gasteiger partial charge in [-0.15, -0.1) is 0 Å². The third-order valence-corrected chi connectivity index (χ3v) is 4.10. The van der Waals surface area contributed by atoms with Crippen LogP contribution in [0.1, 0.15) is 0 Å². The minimum atomic E-state index is 1.26. The zero-order valence-corrected chi connectivity index (χ0v) is 12.0. The Hall–Kier alpha value is -2.67. The van der Waals surface area contributed by atoms with Crippen LogP contribution in [0.5, 0.6) is 0 Å². The summed E-state index contributed by atoms with van der Waals surface area (Å²) in [7, 11) is 2.10. The summed E-state index contributed by atoms with van der Waals surface area (Å²) in [4.78, 5) is 0. The molecule has 0 atom stereocenters. The molecule has 0 bridgehead atoms. The number of fused-ring (bicyclic) bond motifs is 3. The van der Waals surface area contributed by atoms with Crippen LogP contribution < -0.4 is 4.57 Å². The largest absolute Gasteiger partial charge is 0.213 e. The van der Waals surface area contributed by atoms with Crippen LogP contribution in [0.15, 0.2) is 79.0 Å². The second kappa shape index (κ2) is 4.71. The highest BCUT2D eigenvalue weighted by molar-refractivity contribution is 6.11. The second-order valence-corrected chi connectivity index (χ2v) is 5.39. The van der Waals surface area contributed by atoms with E-state index < -0.39 is 0 Å². The number of benzene rings is 3. The molecule has 1 nitrogen and oxygen atoms in total. The molecule has 0 saturated carbocycles. The van der Waals surface area contributed by atoms with Crippen molar-refractivity contribution >= 4 is 21.7 Å². The maximum absolute atomic E-state index is 2.30. The Morgan fingerprint density at radius 3 is 2.14 bits per heavy atom. The van der Waals surface area contributed by atoms with E-state index >= 15 is 0 Å². The standard InChI is InChI=1S/C20H16N/c1-21-13-7-12-18-16-10-5-6-11-17(16)19(14-20(18)21)15-8-3-2-4-9-15/h2-14H,1H3/q+1. The van der Waals surface area contributed by atoms with Crippen molar-refractivity contribution in [1.82, 2.24) is 0 Å². The van der Waals surface area contributed by atoms with Crippen LogP contribution in [-0.4, -0.2) is 0 Å². The molecule has 0 N–H and O–H groups in total. The number of rotatable bonds is 1. The molecule has 1 heterocycles. The lowest BCUT2D eigenvalue weighted by molar-refractivity contribution is -0.644. The summed E-state index contributed by atoms with van der Waals surface area (Å²) in [6.07, 6.45) is 2.10. The van der Waals surface area contributed by atoms with Crippen molar-refractivity contribution in [3.8, 4) is 11.1 Å². The molecular formula is C20H16N+. The van der Waals surface area contributed by atoms with Crippen LogP contribution in [0, 0.1) is 0 Å². The molecule has 0 saturated heterocycles. The summed E-state index contributed by atoms with van der Waals surface area (Å²) in [6.45, 7) is 0. The maximum atomic E-state index is 2.30. The first-order valence-electron chi connectivity index (χ1n) is 7.20. The van der Waals surface area contributed by atoms with Gasteiger partial charge in [0, 0.05) is 12.1 Å². The van der Waals surface area contributed by atoms with Crippen LogP contribution >= 0.6 is 0 Å². The molecule has 100 valence electrons. The molecule has 21 heavy (non-hydrogen) atoms. The van der Waals surface area contributed by atoms with E-state index in [1.807, 2.05) is 0 Å². The summed E-state index contributed by atoms with van der Waals surface area (Å²) in [5, 5.41) is 3.92. The lowest BCUT2D eigenvalue weighted by Gasteiger charge is -2.09. The Balaban J connectivity index is 2.21. The van der Waals surface area contributed by atoms with E-state index in [-0.39, 0.29) is 0 Å². The number of pyridine rings is 1. The Bertz CT molecular complexity index is 940. The van der Waals surface area contributed by atoms with Crippen molar-refractivity contribution in [2.45, 2.75) is 0 Å². The first-order valence-corrected chi connectivity index (χ1v) is 7.20. The fourth-order valence-electron chi connectivity index (χ4n) is 3.06. The van der Waals surface area contributed by atoms with E-state index in [4.69, 9.17) is 0 Å². The van der Waals surface area contributed by atoms with E-state index in [9.17, 15) is 0 Å². The summed E-state index contributed by atoms with van der Waals surface area (Å²) in [5.74, 6) is 0. The third kappa shape index (κ3) is 1.90. The average molecular weight is 270 g/mol. The van der Waals surface area contributed by atoms with E-state index in [2.05, 4.69) is 90.6 Å². The molecule has 0 spiro atoms. The van der Waals surface area contributed by atoms with Gasteiger partial charge in [0.25, 0.3) is 0 Å². The molecule has 0 unspecified atom stereocenters. The predicted molar refractivity (Wildman–Crippen MR) is 88.1 cm³/mol. The number of hydrogen-bond acceptors (Lipinski definition) is 0. The van der Waals surface area contributed by atoms with Gasteiger partial charge < -0.3 is 0 Å². The van der Waals surface area contributed by atoms with Gasteiger partial charge in [-0.1, -0.05) is 54.6 Å². The van der Waals surface area contributed by atoms with Crippen LogP contribution in [0.4, 0.5) is 0 Å². The third-order valence-electron chi connectivity index (χ3n) is 4.10. The Kier molecular flexibility index (Phi) is 2.71. The first kappa shape index (κ1) is 12.1. The molecule has 1 heteroatoms. The van der Waals surface area contributed by atoms with Gasteiger partial charge in [-0.25, -0.2) is 4.57 Å². The summed E-state index contributed by atoms with van der Waals surface area (Å²) in [6, 6.07) is 25.9. The molecule has 0 radical (unpaired) electrons. The average Bonchev–Trinajstić information content (AvgIpc) is 2.55. The van der Waals surface area contributed by atoms with Crippen LogP contribution in [0.25, 0.3) is 32.8 Å². The lowest BCUT2D eigenvalue weighted by atomic mass is 9.95. The van der Waals surface area contributed by atoms with Crippen molar-refractivity contribution in [2.24, 2.45) is 7.05 Å². The Labute approximate surface area is 124 Å². The van der Waals surface area contributed by atoms with Crippen molar-refractivity contribution in [3.63, 3.8) is 0 Å². The quantitative estimate of drug-likeness (QED) is 0.354. The van der Waals surface area contributed by atoms with Gasteiger partial charge in [-0.05, 0) is 28.0 Å². The molecule has 4 rings (SSSR count). The van der Waals surface area contributed by atoms with Gasteiger partial charge in [0.1, 0.15) is 7.05 Å². The van der Waals surface area contributed by atoms with Gasteiger partial charge in [0.2, 0.25) is 5.52 Å². The van der Waals surface area contributed by atoms with Gasteiger partial charge in [-0.2, -0.15) is 0 Å².